The second-order valence-corrected chi connectivity index (χ2v) is 6.75. The largest absolute Gasteiger partial charge is 0.491 e. The molecule has 2 aromatic carbocycles. The predicted octanol–water partition coefficient (Wildman–Crippen LogP) is 4.06. The topological polar surface area (TPSA) is 58.5 Å². The van der Waals surface area contributed by atoms with Gasteiger partial charge >= 0.3 is 6.18 Å². The fraction of sp³-hybridized carbons (Fsp3) is 0.263. The normalized spacial score (nSPS) is 12.2. The molecule has 0 fully saturated rings. The van der Waals surface area contributed by atoms with Crippen molar-refractivity contribution >= 4 is 28.1 Å². The highest BCUT2D eigenvalue weighted by molar-refractivity contribution is 7.09. The lowest BCUT2D eigenvalue weighted by molar-refractivity contribution is -0.140. The van der Waals surface area contributed by atoms with Crippen LogP contribution in [-0.2, 0) is 12.7 Å². The van der Waals surface area contributed by atoms with Gasteiger partial charge in [0.1, 0.15) is 17.4 Å². The molecule has 5 nitrogen and oxygen atoms in total. The molecule has 0 aliphatic rings. The Morgan fingerprint density at radius 3 is 2.68 bits per heavy atom. The molecule has 2 N–H and O–H groups in total. The molecule has 0 atom stereocenters. The molecule has 0 amide bonds. The number of guanidine groups is 1. The van der Waals surface area contributed by atoms with Crippen LogP contribution in [0.5, 0.6) is 5.75 Å². The number of aliphatic imine (C=N–C) groups is 1. The highest BCUT2D eigenvalue weighted by Crippen LogP contribution is 2.30. The van der Waals surface area contributed by atoms with Crippen LogP contribution >= 0.6 is 11.3 Å². The Labute approximate surface area is 164 Å². The Bertz CT molecular complexity index is 950. The van der Waals surface area contributed by atoms with Crippen LogP contribution in [0.4, 0.5) is 13.2 Å². The van der Waals surface area contributed by atoms with Gasteiger partial charge in [0.2, 0.25) is 0 Å². The van der Waals surface area contributed by atoms with Gasteiger partial charge in [-0.05, 0) is 11.5 Å². The zero-order valence-corrected chi connectivity index (χ0v) is 15.9. The summed E-state index contributed by atoms with van der Waals surface area (Å²) in [5.41, 5.74) is -0.874. The molecule has 1 heterocycles. The van der Waals surface area contributed by atoms with Gasteiger partial charge in [-0.1, -0.05) is 36.4 Å². The number of nitrogens with one attached hydrogen (secondary N) is 2. The molecular weight excluding hydrogens is 389 g/mol. The van der Waals surface area contributed by atoms with Gasteiger partial charge in [-0.15, -0.1) is 11.3 Å². The van der Waals surface area contributed by atoms with E-state index < -0.39 is 11.9 Å². The maximum absolute atomic E-state index is 12.6. The van der Waals surface area contributed by atoms with E-state index in [4.69, 9.17) is 4.74 Å². The second kappa shape index (κ2) is 8.92. The van der Waals surface area contributed by atoms with Gasteiger partial charge in [-0.3, -0.25) is 4.99 Å². The number of halogens is 3. The molecular formula is C19H19F3N4OS. The minimum atomic E-state index is -4.42. The Hall–Kier alpha value is -2.81. The molecule has 0 aliphatic heterocycles. The first kappa shape index (κ1) is 19.9. The summed E-state index contributed by atoms with van der Waals surface area (Å²) < 4.78 is 43.6. The summed E-state index contributed by atoms with van der Waals surface area (Å²) >= 11 is 0.955. The quantitative estimate of drug-likeness (QED) is 0.367. The van der Waals surface area contributed by atoms with Crippen molar-refractivity contribution in [2.75, 3.05) is 20.2 Å². The number of alkyl halides is 3. The lowest BCUT2D eigenvalue weighted by atomic mass is 10.1. The van der Waals surface area contributed by atoms with E-state index in [0.717, 1.165) is 33.2 Å². The lowest BCUT2D eigenvalue weighted by Crippen LogP contribution is -2.38. The number of fused-ring (bicyclic) bond motifs is 1. The Kier molecular flexibility index (Phi) is 6.35. The number of aromatic nitrogens is 1. The third-order valence-corrected chi connectivity index (χ3v) is 4.72. The van der Waals surface area contributed by atoms with Crippen LogP contribution in [0.3, 0.4) is 0 Å². The van der Waals surface area contributed by atoms with Crippen LogP contribution in [0, 0.1) is 0 Å². The summed E-state index contributed by atoms with van der Waals surface area (Å²) in [5.74, 6) is 1.26. The fourth-order valence-electron chi connectivity index (χ4n) is 2.55. The van der Waals surface area contributed by atoms with E-state index in [-0.39, 0.29) is 6.54 Å². The van der Waals surface area contributed by atoms with E-state index in [2.05, 4.69) is 20.6 Å². The van der Waals surface area contributed by atoms with Crippen molar-refractivity contribution in [3.05, 3.63) is 58.5 Å². The SMILES string of the molecule is CN=C(NCCOc1cccc2ccccc12)NCc1nc(C(F)(F)F)cs1. The first-order valence-corrected chi connectivity index (χ1v) is 9.42. The van der Waals surface area contributed by atoms with Crippen molar-refractivity contribution in [1.82, 2.24) is 15.6 Å². The van der Waals surface area contributed by atoms with Gasteiger partial charge in [0, 0.05) is 17.8 Å². The molecule has 0 radical (unpaired) electrons. The Morgan fingerprint density at radius 1 is 1.14 bits per heavy atom. The molecule has 0 spiro atoms. The summed E-state index contributed by atoms with van der Waals surface area (Å²) in [5, 5.41) is 9.49. The molecule has 9 heteroatoms. The Balaban J connectivity index is 1.46. The van der Waals surface area contributed by atoms with Crippen molar-refractivity contribution in [2.45, 2.75) is 12.7 Å². The van der Waals surface area contributed by atoms with E-state index in [1.807, 2.05) is 42.5 Å². The van der Waals surface area contributed by atoms with Gasteiger partial charge in [0.25, 0.3) is 0 Å². The number of nitrogens with zero attached hydrogens (tertiary/aromatic N) is 2. The summed E-state index contributed by atoms with van der Waals surface area (Å²) in [6.07, 6.45) is -4.42. The minimum Gasteiger partial charge on any atom is -0.491 e. The van der Waals surface area contributed by atoms with Crippen LogP contribution < -0.4 is 15.4 Å². The van der Waals surface area contributed by atoms with Crippen molar-refractivity contribution in [2.24, 2.45) is 4.99 Å². The minimum absolute atomic E-state index is 0.157. The van der Waals surface area contributed by atoms with Crippen LogP contribution in [0.2, 0.25) is 0 Å². The molecule has 3 rings (SSSR count). The summed E-state index contributed by atoms with van der Waals surface area (Å²) in [7, 11) is 1.59. The van der Waals surface area contributed by atoms with Crippen LogP contribution in [0.25, 0.3) is 10.8 Å². The third-order valence-electron chi connectivity index (χ3n) is 3.87. The standard InChI is InChI=1S/C19H19F3N4OS/c1-23-18(25-11-17-26-16(12-28-17)19(20,21)22)24-9-10-27-15-8-4-6-13-5-2-3-7-14(13)15/h2-8,12H,9-11H2,1H3,(H2,23,24,25). The van der Waals surface area contributed by atoms with E-state index in [1.54, 1.807) is 7.05 Å². The Morgan fingerprint density at radius 2 is 1.93 bits per heavy atom. The van der Waals surface area contributed by atoms with Gasteiger partial charge in [-0.2, -0.15) is 13.2 Å². The van der Waals surface area contributed by atoms with Gasteiger partial charge in [0.05, 0.1) is 13.1 Å². The molecule has 28 heavy (non-hydrogen) atoms. The van der Waals surface area contributed by atoms with Crippen LogP contribution in [0.15, 0.2) is 52.8 Å². The molecule has 0 aliphatic carbocycles. The molecule has 0 saturated carbocycles. The fourth-order valence-corrected chi connectivity index (χ4v) is 3.29. The number of thiazole rings is 1. The van der Waals surface area contributed by atoms with Crippen molar-refractivity contribution in [3.63, 3.8) is 0 Å². The van der Waals surface area contributed by atoms with Crippen molar-refractivity contribution in [3.8, 4) is 5.75 Å². The van der Waals surface area contributed by atoms with Crippen LogP contribution in [-0.4, -0.2) is 31.1 Å². The summed E-state index contributed by atoms with van der Waals surface area (Å²) in [4.78, 5) is 7.62. The zero-order valence-electron chi connectivity index (χ0n) is 15.1. The van der Waals surface area contributed by atoms with E-state index in [9.17, 15) is 13.2 Å². The maximum Gasteiger partial charge on any atom is 0.434 e. The van der Waals surface area contributed by atoms with E-state index in [0.29, 0.717) is 24.1 Å². The monoisotopic (exact) mass is 408 g/mol. The number of hydrogen-bond donors (Lipinski definition) is 2. The molecule has 3 aromatic rings. The molecule has 148 valence electrons. The smallest absolute Gasteiger partial charge is 0.434 e. The first-order valence-electron chi connectivity index (χ1n) is 8.54. The first-order chi connectivity index (χ1) is 13.5. The summed E-state index contributed by atoms with van der Waals surface area (Å²) in [6, 6.07) is 13.8. The second-order valence-electron chi connectivity index (χ2n) is 5.80. The zero-order chi connectivity index (χ0) is 20.0. The average Bonchev–Trinajstić information content (AvgIpc) is 3.17. The van der Waals surface area contributed by atoms with E-state index >= 15 is 0 Å². The molecule has 1 aromatic heterocycles. The molecule has 0 bridgehead atoms. The van der Waals surface area contributed by atoms with Crippen molar-refractivity contribution < 1.29 is 17.9 Å². The average molecular weight is 408 g/mol. The maximum atomic E-state index is 12.6. The lowest BCUT2D eigenvalue weighted by Gasteiger charge is -2.13. The number of benzene rings is 2. The number of hydrogen-bond acceptors (Lipinski definition) is 4. The molecule has 0 saturated heterocycles. The molecule has 0 unspecified atom stereocenters. The predicted molar refractivity (Wildman–Crippen MR) is 105 cm³/mol. The van der Waals surface area contributed by atoms with Gasteiger partial charge < -0.3 is 15.4 Å². The van der Waals surface area contributed by atoms with E-state index in [1.165, 1.54) is 0 Å². The van der Waals surface area contributed by atoms with Crippen LogP contribution in [0.1, 0.15) is 10.7 Å². The van der Waals surface area contributed by atoms with Gasteiger partial charge in [-0.25, -0.2) is 4.98 Å². The number of ether oxygens (including phenoxy) is 1. The third kappa shape index (κ3) is 5.13. The van der Waals surface area contributed by atoms with Gasteiger partial charge in [0.15, 0.2) is 11.7 Å². The highest BCUT2D eigenvalue weighted by atomic mass is 32.1. The summed E-state index contributed by atoms with van der Waals surface area (Å²) in [6.45, 7) is 1.04. The number of rotatable bonds is 6. The highest BCUT2D eigenvalue weighted by Gasteiger charge is 2.33. The van der Waals surface area contributed by atoms with Crippen molar-refractivity contribution in [1.29, 1.82) is 0 Å².